The van der Waals surface area contributed by atoms with E-state index in [4.69, 9.17) is 26.5 Å². The zero-order chi connectivity index (χ0) is 15.0. The molecular weight excluding hydrogens is 296 g/mol. The predicted molar refractivity (Wildman–Crippen MR) is 77.3 cm³/mol. The van der Waals surface area contributed by atoms with Crippen molar-refractivity contribution in [1.29, 1.82) is 0 Å². The van der Waals surface area contributed by atoms with E-state index in [0.717, 1.165) is 6.42 Å². The highest BCUT2D eigenvalue weighted by Gasteiger charge is 2.27. The van der Waals surface area contributed by atoms with Crippen molar-refractivity contribution in [1.82, 2.24) is 0 Å². The first kappa shape index (κ1) is 13.9. The van der Waals surface area contributed by atoms with Crippen LogP contribution in [0.3, 0.4) is 0 Å². The number of nitrogens with two attached hydrogens (primary N) is 1. The van der Waals surface area contributed by atoms with E-state index in [1.54, 1.807) is 18.2 Å². The molecule has 2 aromatic rings. The lowest BCUT2D eigenvalue weighted by Gasteiger charge is -2.10. The molecule has 1 aliphatic heterocycles. The van der Waals surface area contributed by atoms with Crippen molar-refractivity contribution < 1.29 is 18.7 Å². The van der Waals surface area contributed by atoms with Gasteiger partial charge in [-0.3, -0.25) is 9.59 Å². The fraction of sp³-hybridized carbons (Fsp3) is 0.286. The lowest BCUT2D eigenvalue weighted by atomic mass is 10.2. The van der Waals surface area contributed by atoms with Crippen molar-refractivity contribution in [3.05, 3.63) is 29.0 Å². The quantitative estimate of drug-likeness (QED) is 0.909. The maximum atomic E-state index is 12.2. The van der Waals surface area contributed by atoms with E-state index < -0.39 is 12.0 Å². The first-order valence-corrected chi connectivity index (χ1v) is 6.88. The minimum Gasteiger partial charge on any atom is -0.449 e. The van der Waals surface area contributed by atoms with Crippen LogP contribution in [-0.4, -0.2) is 24.5 Å². The average molecular weight is 309 g/mol. The molecule has 0 spiro atoms. The predicted octanol–water partition coefficient (Wildman–Crippen LogP) is 2.30. The SMILES string of the molecule is NC(=O)c1oc2ccc(Cl)cc2c1NC(=O)C1CCCO1. The van der Waals surface area contributed by atoms with Crippen LogP contribution in [0, 0.1) is 0 Å². The average Bonchev–Trinajstić information content (AvgIpc) is 3.07. The molecule has 0 radical (unpaired) electrons. The molecule has 110 valence electrons. The molecule has 1 aromatic heterocycles. The second-order valence-electron chi connectivity index (χ2n) is 4.80. The molecule has 1 atom stereocenters. The molecule has 2 amide bonds. The van der Waals surface area contributed by atoms with Crippen LogP contribution in [-0.2, 0) is 9.53 Å². The van der Waals surface area contributed by atoms with Gasteiger partial charge >= 0.3 is 0 Å². The number of hydrogen-bond acceptors (Lipinski definition) is 4. The minimum atomic E-state index is -0.759. The van der Waals surface area contributed by atoms with Gasteiger partial charge < -0.3 is 20.2 Å². The smallest absolute Gasteiger partial charge is 0.286 e. The van der Waals surface area contributed by atoms with Crippen LogP contribution in [0.25, 0.3) is 11.0 Å². The van der Waals surface area contributed by atoms with Crippen molar-refractivity contribution >= 4 is 40.1 Å². The van der Waals surface area contributed by atoms with Crippen molar-refractivity contribution in [3.63, 3.8) is 0 Å². The molecule has 21 heavy (non-hydrogen) atoms. The van der Waals surface area contributed by atoms with Crippen molar-refractivity contribution in [2.75, 3.05) is 11.9 Å². The lowest BCUT2D eigenvalue weighted by molar-refractivity contribution is -0.124. The van der Waals surface area contributed by atoms with Crippen LogP contribution < -0.4 is 11.1 Å². The van der Waals surface area contributed by atoms with Gasteiger partial charge in [0.1, 0.15) is 17.4 Å². The number of ether oxygens (including phenoxy) is 1. The maximum Gasteiger partial charge on any atom is 0.286 e. The van der Waals surface area contributed by atoms with Gasteiger partial charge in [-0.1, -0.05) is 11.6 Å². The lowest BCUT2D eigenvalue weighted by Crippen LogP contribution is -2.27. The Morgan fingerprint density at radius 1 is 1.38 bits per heavy atom. The number of nitrogens with one attached hydrogen (secondary N) is 1. The Kier molecular flexibility index (Phi) is 3.57. The van der Waals surface area contributed by atoms with Gasteiger partial charge in [0, 0.05) is 17.0 Å². The number of rotatable bonds is 3. The highest BCUT2D eigenvalue weighted by atomic mass is 35.5. The third kappa shape index (κ3) is 2.59. The number of primary amides is 1. The van der Waals surface area contributed by atoms with Gasteiger partial charge in [0.2, 0.25) is 5.76 Å². The third-order valence-electron chi connectivity index (χ3n) is 3.34. The molecule has 1 fully saturated rings. The topological polar surface area (TPSA) is 94.6 Å². The zero-order valence-corrected chi connectivity index (χ0v) is 11.8. The van der Waals surface area contributed by atoms with Crippen LogP contribution in [0.5, 0.6) is 0 Å². The van der Waals surface area contributed by atoms with Gasteiger partial charge in [-0.05, 0) is 31.0 Å². The fourth-order valence-electron chi connectivity index (χ4n) is 2.36. The Bertz CT molecular complexity index is 719. The molecule has 2 heterocycles. The molecule has 0 bridgehead atoms. The Morgan fingerprint density at radius 2 is 2.19 bits per heavy atom. The van der Waals surface area contributed by atoms with E-state index in [-0.39, 0.29) is 17.4 Å². The molecule has 3 rings (SSSR count). The van der Waals surface area contributed by atoms with Crippen LogP contribution in [0.15, 0.2) is 22.6 Å². The number of amides is 2. The summed E-state index contributed by atoms with van der Waals surface area (Å²) < 4.78 is 10.7. The number of hydrogen-bond donors (Lipinski definition) is 2. The van der Waals surface area contributed by atoms with E-state index >= 15 is 0 Å². The molecule has 1 unspecified atom stereocenters. The van der Waals surface area contributed by atoms with E-state index in [2.05, 4.69) is 5.32 Å². The third-order valence-corrected chi connectivity index (χ3v) is 3.58. The number of halogens is 1. The second-order valence-corrected chi connectivity index (χ2v) is 5.24. The minimum absolute atomic E-state index is 0.0985. The van der Waals surface area contributed by atoms with Gasteiger partial charge in [0.25, 0.3) is 11.8 Å². The van der Waals surface area contributed by atoms with Gasteiger partial charge in [-0.2, -0.15) is 0 Å². The Labute approximate surface area is 125 Å². The molecule has 3 N–H and O–H groups in total. The summed E-state index contributed by atoms with van der Waals surface area (Å²) in [5, 5.41) is 3.66. The van der Waals surface area contributed by atoms with E-state index in [1.165, 1.54) is 0 Å². The molecule has 1 aliphatic rings. The Hall–Kier alpha value is -2.05. The summed E-state index contributed by atoms with van der Waals surface area (Å²) in [6, 6.07) is 4.85. The summed E-state index contributed by atoms with van der Waals surface area (Å²) in [7, 11) is 0. The second kappa shape index (κ2) is 5.38. The van der Waals surface area contributed by atoms with Crippen LogP contribution >= 0.6 is 11.6 Å². The van der Waals surface area contributed by atoms with Gasteiger partial charge in [-0.25, -0.2) is 0 Å². The van der Waals surface area contributed by atoms with Crippen molar-refractivity contribution in [2.45, 2.75) is 18.9 Å². The van der Waals surface area contributed by atoms with Gasteiger partial charge in [-0.15, -0.1) is 0 Å². The Morgan fingerprint density at radius 3 is 2.86 bits per heavy atom. The number of carbonyl (C=O) groups excluding carboxylic acids is 2. The standard InChI is InChI=1S/C14H13ClN2O4/c15-7-3-4-9-8(6-7)11(12(21-9)13(16)18)17-14(19)10-2-1-5-20-10/h3-4,6,10H,1-2,5H2,(H2,16,18)(H,17,19). The summed E-state index contributed by atoms with van der Waals surface area (Å²) in [6.45, 7) is 0.554. The van der Waals surface area contributed by atoms with Crippen molar-refractivity contribution in [2.24, 2.45) is 5.73 Å². The van der Waals surface area contributed by atoms with Crippen LogP contribution in [0.2, 0.25) is 5.02 Å². The molecule has 1 saturated heterocycles. The van der Waals surface area contributed by atoms with Crippen LogP contribution in [0.4, 0.5) is 5.69 Å². The van der Waals surface area contributed by atoms with Gasteiger partial charge in [0.15, 0.2) is 0 Å². The fourth-order valence-corrected chi connectivity index (χ4v) is 2.53. The van der Waals surface area contributed by atoms with E-state index in [9.17, 15) is 9.59 Å². The van der Waals surface area contributed by atoms with Crippen molar-refractivity contribution in [3.8, 4) is 0 Å². The highest BCUT2D eigenvalue weighted by molar-refractivity contribution is 6.31. The molecule has 0 saturated carbocycles. The van der Waals surface area contributed by atoms with E-state index in [0.29, 0.717) is 29.0 Å². The summed E-state index contributed by atoms with van der Waals surface area (Å²) in [5.74, 6) is -1.18. The molecular formula is C14H13ClN2O4. The summed E-state index contributed by atoms with van der Waals surface area (Å²) in [6.07, 6.45) is 0.961. The summed E-state index contributed by atoms with van der Waals surface area (Å²) >= 11 is 5.95. The van der Waals surface area contributed by atoms with Gasteiger partial charge in [0.05, 0.1) is 0 Å². The number of benzene rings is 1. The number of carbonyl (C=O) groups is 2. The molecule has 7 heteroatoms. The summed E-state index contributed by atoms with van der Waals surface area (Å²) in [4.78, 5) is 23.6. The molecule has 6 nitrogen and oxygen atoms in total. The molecule has 1 aromatic carbocycles. The number of furan rings is 1. The first-order valence-electron chi connectivity index (χ1n) is 6.50. The largest absolute Gasteiger partial charge is 0.449 e. The maximum absolute atomic E-state index is 12.2. The number of anilines is 1. The zero-order valence-electron chi connectivity index (χ0n) is 11.0. The number of fused-ring (bicyclic) bond motifs is 1. The summed E-state index contributed by atoms with van der Waals surface area (Å²) in [5.41, 5.74) is 5.96. The first-order chi connectivity index (χ1) is 10.1. The van der Waals surface area contributed by atoms with Crippen LogP contribution in [0.1, 0.15) is 23.4 Å². The molecule has 0 aliphatic carbocycles. The Balaban J connectivity index is 2.02. The highest BCUT2D eigenvalue weighted by Crippen LogP contribution is 2.33. The van der Waals surface area contributed by atoms with E-state index in [1.807, 2.05) is 0 Å². The normalized spacial score (nSPS) is 18.0. The monoisotopic (exact) mass is 308 g/mol.